The molecule has 1 N–H and O–H groups in total. The van der Waals surface area contributed by atoms with Crippen LogP contribution in [0.15, 0.2) is 0 Å². The molecule has 76 valence electrons. The van der Waals surface area contributed by atoms with E-state index in [2.05, 4.69) is 19.2 Å². The summed E-state index contributed by atoms with van der Waals surface area (Å²) >= 11 is 0. The molecule has 1 saturated carbocycles. The average molecular weight is 183 g/mol. The SMILES string of the molecule is CC(=O)NC(C)C1(C)CCCCC1. The van der Waals surface area contributed by atoms with Gasteiger partial charge in [0, 0.05) is 13.0 Å². The third kappa shape index (κ3) is 2.71. The first-order valence-corrected chi connectivity index (χ1v) is 5.32. The van der Waals surface area contributed by atoms with Crippen molar-refractivity contribution in [3.8, 4) is 0 Å². The Hall–Kier alpha value is -0.530. The molecule has 1 aliphatic carbocycles. The Bertz CT molecular complexity index is 183. The van der Waals surface area contributed by atoms with E-state index in [9.17, 15) is 4.79 Å². The van der Waals surface area contributed by atoms with Gasteiger partial charge in [0.2, 0.25) is 5.91 Å². The summed E-state index contributed by atoms with van der Waals surface area (Å²) in [5.74, 6) is 0.0966. The van der Waals surface area contributed by atoms with Crippen molar-refractivity contribution >= 4 is 5.91 Å². The van der Waals surface area contributed by atoms with Crippen LogP contribution >= 0.6 is 0 Å². The lowest BCUT2D eigenvalue weighted by Crippen LogP contribution is -2.44. The maximum absolute atomic E-state index is 10.9. The average Bonchev–Trinajstić information content (AvgIpc) is 2.04. The number of carbonyl (C=O) groups excluding carboxylic acids is 1. The summed E-state index contributed by atoms with van der Waals surface area (Å²) in [6, 6.07) is 0.324. The van der Waals surface area contributed by atoms with E-state index in [1.165, 1.54) is 32.1 Å². The standard InChI is InChI=1S/C11H21NO/c1-9(12-10(2)13)11(3)7-5-4-6-8-11/h9H,4-8H2,1-3H3,(H,12,13). The molecular formula is C11H21NO. The Morgan fingerprint density at radius 2 is 1.85 bits per heavy atom. The Morgan fingerprint density at radius 1 is 1.31 bits per heavy atom. The minimum atomic E-state index is 0.0966. The summed E-state index contributed by atoms with van der Waals surface area (Å²) in [4.78, 5) is 10.9. The molecule has 1 fully saturated rings. The molecule has 1 amide bonds. The minimum Gasteiger partial charge on any atom is -0.353 e. The van der Waals surface area contributed by atoms with Gasteiger partial charge in [0.25, 0.3) is 0 Å². The maximum atomic E-state index is 10.9. The van der Waals surface area contributed by atoms with Gasteiger partial charge < -0.3 is 5.32 Å². The van der Waals surface area contributed by atoms with Gasteiger partial charge in [-0.3, -0.25) is 4.79 Å². The number of hydrogen-bond donors (Lipinski definition) is 1. The molecule has 1 unspecified atom stereocenters. The monoisotopic (exact) mass is 183 g/mol. The van der Waals surface area contributed by atoms with Crippen molar-refractivity contribution in [1.29, 1.82) is 0 Å². The quantitative estimate of drug-likeness (QED) is 0.700. The highest BCUT2D eigenvalue weighted by Crippen LogP contribution is 2.38. The smallest absolute Gasteiger partial charge is 0.217 e. The summed E-state index contributed by atoms with van der Waals surface area (Å²) in [5.41, 5.74) is 0.337. The molecule has 0 bridgehead atoms. The third-order valence-corrected chi connectivity index (χ3v) is 3.46. The van der Waals surface area contributed by atoms with Crippen LogP contribution in [-0.2, 0) is 4.79 Å². The number of hydrogen-bond acceptors (Lipinski definition) is 1. The van der Waals surface area contributed by atoms with Gasteiger partial charge in [-0.2, -0.15) is 0 Å². The predicted octanol–water partition coefficient (Wildman–Crippen LogP) is 2.48. The van der Waals surface area contributed by atoms with Crippen molar-refractivity contribution in [2.75, 3.05) is 0 Å². The molecule has 0 saturated heterocycles. The van der Waals surface area contributed by atoms with Crippen LogP contribution in [0.1, 0.15) is 52.9 Å². The molecule has 0 radical (unpaired) electrons. The Morgan fingerprint density at radius 3 is 2.31 bits per heavy atom. The molecule has 0 aromatic rings. The zero-order chi connectivity index (χ0) is 9.90. The third-order valence-electron chi connectivity index (χ3n) is 3.46. The highest BCUT2D eigenvalue weighted by molar-refractivity contribution is 5.73. The molecule has 1 aliphatic rings. The van der Waals surface area contributed by atoms with Crippen LogP contribution in [-0.4, -0.2) is 11.9 Å². The number of rotatable bonds is 2. The lowest BCUT2D eigenvalue weighted by Gasteiger charge is -2.39. The molecule has 0 aliphatic heterocycles. The van der Waals surface area contributed by atoms with E-state index in [0.717, 1.165) is 0 Å². The fourth-order valence-electron chi connectivity index (χ4n) is 2.27. The van der Waals surface area contributed by atoms with E-state index in [1.54, 1.807) is 6.92 Å². The van der Waals surface area contributed by atoms with Crippen LogP contribution in [0.25, 0.3) is 0 Å². The van der Waals surface area contributed by atoms with E-state index < -0.39 is 0 Å². The topological polar surface area (TPSA) is 29.1 Å². The summed E-state index contributed by atoms with van der Waals surface area (Å²) in [5, 5.41) is 3.01. The van der Waals surface area contributed by atoms with Crippen LogP contribution in [0.3, 0.4) is 0 Å². The first kappa shape index (κ1) is 10.6. The van der Waals surface area contributed by atoms with Gasteiger partial charge in [-0.1, -0.05) is 26.2 Å². The molecular weight excluding hydrogens is 162 g/mol. The van der Waals surface area contributed by atoms with Crippen molar-refractivity contribution in [1.82, 2.24) is 5.32 Å². The van der Waals surface area contributed by atoms with Gasteiger partial charge in [-0.25, -0.2) is 0 Å². The Balaban J connectivity index is 2.51. The highest BCUT2D eigenvalue weighted by Gasteiger charge is 2.32. The Kier molecular flexibility index (Phi) is 3.34. The first-order chi connectivity index (χ1) is 6.04. The molecule has 0 spiro atoms. The van der Waals surface area contributed by atoms with Crippen molar-refractivity contribution < 1.29 is 4.79 Å². The zero-order valence-corrected chi connectivity index (χ0v) is 9.02. The van der Waals surface area contributed by atoms with Gasteiger partial charge in [0.1, 0.15) is 0 Å². The second-order valence-electron chi connectivity index (χ2n) is 4.64. The van der Waals surface area contributed by atoms with E-state index in [1.807, 2.05) is 0 Å². The second kappa shape index (κ2) is 4.12. The number of amides is 1. The van der Waals surface area contributed by atoms with E-state index >= 15 is 0 Å². The lowest BCUT2D eigenvalue weighted by molar-refractivity contribution is -0.120. The van der Waals surface area contributed by atoms with Gasteiger partial charge in [-0.05, 0) is 25.2 Å². The molecule has 2 nitrogen and oxygen atoms in total. The fourth-order valence-corrected chi connectivity index (χ4v) is 2.27. The fraction of sp³-hybridized carbons (Fsp3) is 0.909. The molecule has 0 aromatic heterocycles. The number of carbonyl (C=O) groups is 1. The van der Waals surface area contributed by atoms with Crippen LogP contribution in [0, 0.1) is 5.41 Å². The summed E-state index contributed by atoms with van der Waals surface area (Å²) in [6.45, 7) is 6.03. The van der Waals surface area contributed by atoms with Crippen molar-refractivity contribution in [2.45, 2.75) is 58.9 Å². The van der Waals surface area contributed by atoms with Gasteiger partial charge in [0.15, 0.2) is 0 Å². The molecule has 0 aromatic carbocycles. The van der Waals surface area contributed by atoms with Gasteiger partial charge in [-0.15, -0.1) is 0 Å². The molecule has 0 heterocycles. The maximum Gasteiger partial charge on any atom is 0.217 e. The zero-order valence-electron chi connectivity index (χ0n) is 9.02. The normalized spacial score (nSPS) is 23.6. The number of nitrogens with one attached hydrogen (secondary N) is 1. The largest absolute Gasteiger partial charge is 0.353 e. The van der Waals surface area contributed by atoms with Crippen LogP contribution in [0.4, 0.5) is 0 Å². The van der Waals surface area contributed by atoms with Crippen LogP contribution in [0.5, 0.6) is 0 Å². The van der Waals surface area contributed by atoms with E-state index in [0.29, 0.717) is 11.5 Å². The van der Waals surface area contributed by atoms with Crippen LogP contribution in [0.2, 0.25) is 0 Å². The summed E-state index contributed by atoms with van der Waals surface area (Å²) in [6.07, 6.45) is 6.52. The second-order valence-corrected chi connectivity index (χ2v) is 4.64. The first-order valence-electron chi connectivity index (χ1n) is 5.32. The summed E-state index contributed by atoms with van der Waals surface area (Å²) in [7, 11) is 0. The molecule has 2 heteroatoms. The predicted molar refractivity (Wildman–Crippen MR) is 54.5 cm³/mol. The van der Waals surface area contributed by atoms with Crippen molar-refractivity contribution in [3.63, 3.8) is 0 Å². The van der Waals surface area contributed by atoms with Gasteiger partial charge in [0.05, 0.1) is 0 Å². The van der Waals surface area contributed by atoms with Crippen molar-refractivity contribution in [3.05, 3.63) is 0 Å². The van der Waals surface area contributed by atoms with E-state index in [4.69, 9.17) is 0 Å². The van der Waals surface area contributed by atoms with E-state index in [-0.39, 0.29) is 5.91 Å². The lowest BCUT2D eigenvalue weighted by atomic mass is 9.71. The highest BCUT2D eigenvalue weighted by atomic mass is 16.1. The molecule has 13 heavy (non-hydrogen) atoms. The van der Waals surface area contributed by atoms with Crippen molar-refractivity contribution in [2.24, 2.45) is 5.41 Å². The van der Waals surface area contributed by atoms with Gasteiger partial charge >= 0.3 is 0 Å². The minimum absolute atomic E-state index is 0.0966. The summed E-state index contributed by atoms with van der Waals surface area (Å²) < 4.78 is 0. The van der Waals surface area contributed by atoms with Crippen LogP contribution < -0.4 is 5.32 Å². The molecule has 1 atom stereocenters. The molecule has 1 rings (SSSR count). The Labute approximate surface area is 81.1 Å².